The Bertz CT molecular complexity index is 374. The van der Waals surface area contributed by atoms with Gasteiger partial charge in [-0.2, -0.15) is 0 Å². The van der Waals surface area contributed by atoms with Crippen LogP contribution < -0.4 is 10.6 Å². The molecule has 2 N–H and O–H groups in total. The standard InChI is InChI=1S/C13H22N4/c1-10-8-12(16-11(2)15-10)17-6-4-13(3,9-14)5-7-17/h8H,4-7,9,14H2,1-3H3. The average Bonchev–Trinajstić information content (AvgIpc) is 2.29. The highest BCUT2D eigenvalue weighted by Gasteiger charge is 2.29. The maximum Gasteiger partial charge on any atom is 0.132 e. The number of hydrogen-bond donors (Lipinski definition) is 1. The number of anilines is 1. The van der Waals surface area contributed by atoms with Crippen molar-refractivity contribution in [2.75, 3.05) is 24.5 Å². The van der Waals surface area contributed by atoms with Crippen molar-refractivity contribution in [1.82, 2.24) is 9.97 Å². The van der Waals surface area contributed by atoms with Crippen LogP contribution in [0.1, 0.15) is 31.3 Å². The molecule has 0 amide bonds. The molecule has 1 saturated heterocycles. The molecule has 0 radical (unpaired) electrons. The number of aryl methyl sites for hydroxylation is 2. The predicted molar refractivity (Wildman–Crippen MR) is 70.1 cm³/mol. The monoisotopic (exact) mass is 234 g/mol. The van der Waals surface area contributed by atoms with E-state index in [9.17, 15) is 0 Å². The third-order valence-corrected chi connectivity index (χ3v) is 3.74. The summed E-state index contributed by atoms with van der Waals surface area (Å²) in [5.74, 6) is 1.92. The molecule has 0 unspecified atom stereocenters. The van der Waals surface area contributed by atoms with Crippen LogP contribution in [0.2, 0.25) is 0 Å². The van der Waals surface area contributed by atoms with Crippen LogP contribution in [-0.4, -0.2) is 29.6 Å². The third kappa shape index (κ3) is 2.75. The first-order valence-corrected chi connectivity index (χ1v) is 6.30. The van der Waals surface area contributed by atoms with Gasteiger partial charge in [-0.15, -0.1) is 0 Å². The zero-order chi connectivity index (χ0) is 12.5. The molecular formula is C13H22N4. The molecule has 1 aromatic heterocycles. The van der Waals surface area contributed by atoms with Crippen LogP contribution in [0.3, 0.4) is 0 Å². The van der Waals surface area contributed by atoms with Crippen molar-refractivity contribution >= 4 is 5.82 Å². The van der Waals surface area contributed by atoms with Crippen LogP contribution in [0.5, 0.6) is 0 Å². The number of hydrogen-bond acceptors (Lipinski definition) is 4. The first-order valence-electron chi connectivity index (χ1n) is 6.30. The minimum atomic E-state index is 0.313. The van der Waals surface area contributed by atoms with E-state index in [1.54, 1.807) is 0 Å². The Hall–Kier alpha value is -1.16. The van der Waals surface area contributed by atoms with Crippen LogP contribution >= 0.6 is 0 Å². The lowest BCUT2D eigenvalue weighted by Gasteiger charge is -2.39. The molecule has 1 aliphatic heterocycles. The SMILES string of the molecule is Cc1cc(N2CCC(C)(CN)CC2)nc(C)n1. The van der Waals surface area contributed by atoms with Gasteiger partial charge in [-0.1, -0.05) is 6.92 Å². The van der Waals surface area contributed by atoms with Gasteiger partial charge in [0.15, 0.2) is 0 Å². The van der Waals surface area contributed by atoms with Gasteiger partial charge in [0.1, 0.15) is 11.6 Å². The quantitative estimate of drug-likeness (QED) is 0.845. The third-order valence-electron chi connectivity index (χ3n) is 3.74. The van der Waals surface area contributed by atoms with E-state index in [1.165, 1.54) is 0 Å². The summed E-state index contributed by atoms with van der Waals surface area (Å²) in [4.78, 5) is 11.2. The Labute approximate surface area is 103 Å². The minimum Gasteiger partial charge on any atom is -0.356 e. The van der Waals surface area contributed by atoms with E-state index in [1.807, 2.05) is 13.8 Å². The second-order valence-corrected chi connectivity index (χ2v) is 5.42. The van der Waals surface area contributed by atoms with E-state index in [0.29, 0.717) is 5.41 Å². The number of piperidine rings is 1. The van der Waals surface area contributed by atoms with E-state index in [0.717, 1.165) is 49.8 Å². The molecule has 2 rings (SSSR count). The Morgan fingerprint density at radius 2 is 1.94 bits per heavy atom. The van der Waals surface area contributed by atoms with Crippen LogP contribution in [0.4, 0.5) is 5.82 Å². The molecule has 0 saturated carbocycles. The normalized spacial score (nSPS) is 19.4. The molecule has 1 aliphatic rings. The van der Waals surface area contributed by atoms with Gasteiger partial charge in [0.25, 0.3) is 0 Å². The number of nitrogens with two attached hydrogens (primary N) is 1. The number of aromatic nitrogens is 2. The lowest BCUT2D eigenvalue weighted by Crippen LogP contribution is -2.42. The highest BCUT2D eigenvalue weighted by Crippen LogP contribution is 2.31. The van der Waals surface area contributed by atoms with Crippen molar-refractivity contribution in [3.05, 3.63) is 17.6 Å². The molecule has 2 heterocycles. The molecule has 94 valence electrons. The summed E-state index contributed by atoms with van der Waals surface area (Å²) in [6, 6.07) is 2.07. The number of rotatable bonds is 2. The lowest BCUT2D eigenvalue weighted by atomic mass is 9.80. The van der Waals surface area contributed by atoms with Crippen LogP contribution in [0.15, 0.2) is 6.07 Å². The molecule has 4 heteroatoms. The molecule has 1 fully saturated rings. The first kappa shape index (κ1) is 12.3. The zero-order valence-electron chi connectivity index (χ0n) is 11.0. The smallest absolute Gasteiger partial charge is 0.132 e. The van der Waals surface area contributed by atoms with Gasteiger partial charge in [0.2, 0.25) is 0 Å². The zero-order valence-corrected chi connectivity index (χ0v) is 11.0. The Morgan fingerprint density at radius 3 is 2.47 bits per heavy atom. The van der Waals surface area contributed by atoms with Gasteiger partial charge in [-0.05, 0) is 38.6 Å². The van der Waals surface area contributed by atoms with Crippen molar-refractivity contribution in [3.8, 4) is 0 Å². The van der Waals surface area contributed by atoms with E-state index in [4.69, 9.17) is 5.73 Å². The van der Waals surface area contributed by atoms with E-state index >= 15 is 0 Å². The second kappa shape index (κ2) is 4.61. The van der Waals surface area contributed by atoms with Gasteiger partial charge in [0.05, 0.1) is 0 Å². The molecule has 0 atom stereocenters. The minimum absolute atomic E-state index is 0.313. The summed E-state index contributed by atoms with van der Waals surface area (Å²) < 4.78 is 0. The topological polar surface area (TPSA) is 55.0 Å². The van der Waals surface area contributed by atoms with Crippen molar-refractivity contribution in [2.45, 2.75) is 33.6 Å². The molecule has 1 aromatic rings. The highest BCUT2D eigenvalue weighted by atomic mass is 15.2. The maximum atomic E-state index is 5.83. The molecule has 0 aromatic carbocycles. The summed E-state index contributed by atoms with van der Waals surface area (Å²) in [7, 11) is 0. The van der Waals surface area contributed by atoms with Gasteiger partial charge in [0, 0.05) is 24.8 Å². The maximum absolute atomic E-state index is 5.83. The molecule has 0 bridgehead atoms. The fourth-order valence-electron chi connectivity index (χ4n) is 2.34. The van der Waals surface area contributed by atoms with Gasteiger partial charge >= 0.3 is 0 Å². The second-order valence-electron chi connectivity index (χ2n) is 5.42. The van der Waals surface area contributed by atoms with Gasteiger partial charge in [-0.25, -0.2) is 9.97 Å². The molecule has 0 spiro atoms. The molecule has 0 aliphatic carbocycles. The van der Waals surface area contributed by atoms with Crippen molar-refractivity contribution in [1.29, 1.82) is 0 Å². The number of nitrogens with zero attached hydrogens (tertiary/aromatic N) is 3. The van der Waals surface area contributed by atoms with Crippen molar-refractivity contribution in [3.63, 3.8) is 0 Å². The van der Waals surface area contributed by atoms with E-state index < -0.39 is 0 Å². The first-order chi connectivity index (χ1) is 8.02. The molecular weight excluding hydrogens is 212 g/mol. The fourth-order valence-corrected chi connectivity index (χ4v) is 2.34. The summed E-state index contributed by atoms with van der Waals surface area (Å²) >= 11 is 0. The van der Waals surface area contributed by atoms with Crippen LogP contribution in [0, 0.1) is 19.3 Å². The summed E-state index contributed by atoms with van der Waals surface area (Å²) in [5.41, 5.74) is 7.18. The summed E-state index contributed by atoms with van der Waals surface area (Å²) in [6.45, 7) is 9.12. The van der Waals surface area contributed by atoms with E-state index in [-0.39, 0.29) is 0 Å². The predicted octanol–water partition coefficient (Wildman–Crippen LogP) is 1.66. The van der Waals surface area contributed by atoms with Gasteiger partial charge in [-0.3, -0.25) is 0 Å². The Balaban J connectivity index is 2.10. The van der Waals surface area contributed by atoms with Crippen molar-refractivity contribution < 1.29 is 0 Å². The van der Waals surface area contributed by atoms with E-state index in [2.05, 4.69) is 27.9 Å². The van der Waals surface area contributed by atoms with Crippen molar-refractivity contribution in [2.24, 2.45) is 11.1 Å². The van der Waals surface area contributed by atoms with Crippen LogP contribution in [0.25, 0.3) is 0 Å². The Kier molecular flexibility index (Phi) is 3.33. The average molecular weight is 234 g/mol. The summed E-state index contributed by atoms with van der Waals surface area (Å²) in [5, 5.41) is 0. The largest absolute Gasteiger partial charge is 0.356 e. The molecule has 17 heavy (non-hydrogen) atoms. The molecule has 4 nitrogen and oxygen atoms in total. The fraction of sp³-hybridized carbons (Fsp3) is 0.692. The van der Waals surface area contributed by atoms with Gasteiger partial charge < -0.3 is 10.6 Å². The Morgan fingerprint density at radius 1 is 1.29 bits per heavy atom. The van der Waals surface area contributed by atoms with Crippen LogP contribution in [-0.2, 0) is 0 Å². The summed E-state index contributed by atoms with van der Waals surface area (Å²) in [6.07, 6.45) is 2.29. The lowest BCUT2D eigenvalue weighted by molar-refractivity contribution is 0.258. The highest BCUT2D eigenvalue weighted by molar-refractivity contribution is 5.40.